The van der Waals surface area contributed by atoms with Gasteiger partial charge in [0.2, 0.25) is 0 Å². The van der Waals surface area contributed by atoms with Crippen molar-refractivity contribution in [1.29, 1.82) is 0 Å². The van der Waals surface area contributed by atoms with Gasteiger partial charge in [-0.25, -0.2) is 0 Å². The van der Waals surface area contributed by atoms with Gasteiger partial charge in [0.1, 0.15) is 0 Å². The zero-order valence-corrected chi connectivity index (χ0v) is 9.81. The van der Waals surface area contributed by atoms with Crippen LogP contribution in [0.2, 0.25) is 0 Å². The Hall–Kier alpha value is -0.710. The molecule has 0 bridgehead atoms. The zero-order chi connectivity index (χ0) is 9.97. The van der Waals surface area contributed by atoms with Crippen LogP contribution in [0.1, 0.15) is 5.56 Å². The van der Waals surface area contributed by atoms with Crippen molar-refractivity contribution in [3.05, 3.63) is 39.9 Å². The predicted octanol–water partition coefficient (Wildman–Crippen LogP) is 3.03. The first-order valence-corrected chi connectivity index (χ1v) is 5.86. The molecule has 14 heavy (non-hydrogen) atoms. The van der Waals surface area contributed by atoms with Crippen LogP contribution in [0.5, 0.6) is 0 Å². The van der Waals surface area contributed by atoms with E-state index in [2.05, 4.69) is 32.4 Å². The molecule has 4 heteroatoms. The molecule has 0 spiro atoms. The van der Waals surface area contributed by atoms with Crippen LogP contribution in [0.3, 0.4) is 0 Å². The topological polar surface area (TPSA) is 38.9 Å². The Balaban J connectivity index is 2.50. The van der Waals surface area contributed by atoms with Gasteiger partial charge in [-0.05, 0) is 39.2 Å². The van der Waals surface area contributed by atoms with E-state index in [1.165, 1.54) is 10.4 Å². The van der Waals surface area contributed by atoms with E-state index in [-0.39, 0.29) is 0 Å². The van der Waals surface area contributed by atoms with Gasteiger partial charge in [-0.2, -0.15) is 0 Å². The number of hydrogen-bond acceptors (Lipinski definition) is 3. The molecule has 0 atom stereocenters. The predicted molar refractivity (Wildman–Crippen MR) is 63.1 cm³/mol. The van der Waals surface area contributed by atoms with Gasteiger partial charge in [-0.1, -0.05) is 0 Å². The summed E-state index contributed by atoms with van der Waals surface area (Å²) in [6, 6.07) is 4.10. The molecule has 0 aliphatic rings. The third-order valence-corrected chi connectivity index (χ3v) is 3.68. The number of pyridine rings is 1. The van der Waals surface area contributed by atoms with Crippen LogP contribution in [0.15, 0.2) is 34.4 Å². The van der Waals surface area contributed by atoms with Gasteiger partial charge < -0.3 is 5.73 Å². The van der Waals surface area contributed by atoms with Crippen molar-refractivity contribution in [2.45, 2.75) is 6.54 Å². The smallest absolute Gasteiger partial charge is 0.0358 e. The highest BCUT2D eigenvalue weighted by Gasteiger charge is 2.05. The van der Waals surface area contributed by atoms with Gasteiger partial charge in [0.25, 0.3) is 0 Å². The SMILES string of the molecule is NCc1cnccc1-c1cc(Br)cs1. The van der Waals surface area contributed by atoms with Crippen molar-refractivity contribution in [2.75, 3.05) is 0 Å². The van der Waals surface area contributed by atoms with E-state index >= 15 is 0 Å². The number of nitrogens with two attached hydrogens (primary N) is 1. The summed E-state index contributed by atoms with van der Waals surface area (Å²) in [7, 11) is 0. The number of rotatable bonds is 2. The van der Waals surface area contributed by atoms with Crippen LogP contribution in [0.25, 0.3) is 10.4 Å². The maximum Gasteiger partial charge on any atom is 0.0358 e. The Labute approximate surface area is 94.9 Å². The molecule has 2 rings (SSSR count). The molecule has 0 saturated heterocycles. The Morgan fingerprint density at radius 1 is 1.50 bits per heavy atom. The van der Waals surface area contributed by atoms with Crippen molar-refractivity contribution in [3.63, 3.8) is 0 Å². The van der Waals surface area contributed by atoms with Crippen LogP contribution in [0.4, 0.5) is 0 Å². The van der Waals surface area contributed by atoms with Crippen LogP contribution >= 0.6 is 27.3 Å². The molecule has 0 radical (unpaired) electrons. The van der Waals surface area contributed by atoms with Crippen molar-refractivity contribution < 1.29 is 0 Å². The summed E-state index contributed by atoms with van der Waals surface area (Å²) in [4.78, 5) is 5.28. The lowest BCUT2D eigenvalue weighted by Crippen LogP contribution is -1.98. The minimum Gasteiger partial charge on any atom is -0.326 e. The monoisotopic (exact) mass is 268 g/mol. The van der Waals surface area contributed by atoms with Crippen molar-refractivity contribution >= 4 is 27.3 Å². The fraction of sp³-hybridized carbons (Fsp3) is 0.100. The molecule has 0 saturated carbocycles. The first-order chi connectivity index (χ1) is 6.81. The summed E-state index contributed by atoms with van der Waals surface area (Å²) in [5, 5.41) is 2.07. The number of hydrogen-bond donors (Lipinski definition) is 1. The lowest BCUT2D eigenvalue weighted by molar-refractivity contribution is 1.05. The molecule has 0 amide bonds. The molecule has 2 N–H and O–H groups in total. The summed E-state index contributed by atoms with van der Waals surface area (Å²) < 4.78 is 1.11. The molecular weight excluding hydrogens is 260 g/mol. The molecule has 2 aromatic heterocycles. The van der Waals surface area contributed by atoms with E-state index in [1.807, 2.05) is 12.3 Å². The van der Waals surface area contributed by atoms with Crippen LogP contribution < -0.4 is 5.73 Å². The second-order valence-electron chi connectivity index (χ2n) is 2.87. The Kier molecular flexibility index (Phi) is 2.96. The Bertz CT molecular complexity index is 439. The van der Waals surface area contributed by atoms with Gasteiger partial charge in [0, 0.05) is 33.7 Å². The first-order valence-electron chi connectivity index (χ1n) is 4.18. The quantitative estimate of drug-likeness (QED) is 0.910. The fourth-order valence-corrected chi connectivity index (χ4v) is 2.77. The highest BCUT2D eigenvalue weighted by Crippen LogP contribution is 2.31. The van der Waals surface area contributed by atoms with Gasteiger partial charge in [0.15, 0.2) is 0 Å². The molecule has 0 aliphatic carbocycles. The standard InChI is InChI=1S/C10H9BrN2S/c11-8-3-10(14-6-8)9-1-2-13-5-7(9)4-12/h1-3,5-6H,4,12H2. The third-order valence-electron chi connectivity index (χ3n) is 1.96. The average molecular weight is 269 g/mol. The maximum atomic E-state index is 5.65. The van der Waals surface area contributed by atoms with Crippen molar-refractivity contribution in [3.8, 4) is 10.4 Å². The van der Waals surface area contributed by atoms with E-state index in [4.69, 9.17) is 5.73 Å². The van der Waals surface area contributed by atoms with Crippen LogP contribution in [-0.4, -0.2) is 4.98 Å². The molecule has 72 valence electrons. The van der Waals surface area contributed by atoms with Gasteiger partial charge in [-0.15, -0.1) is 11.3 Å². The fourth-order valence-electron chi connectivity index (χ4n) is 1.28. The minimum atomic E-state index is 0.526. The summed E-state index contributed by atoms with van der Waals surface area (Å²) in [6.45, 7) is 0.526. The Morgan fingerprint density at radius 3 is 3.00 bits per heavy atom. The average Bonchev–Trinajstić information content (AvgIpc) is 2.65. The van der Waals surface area contributed by atoms with Crippen molar-refractivity contribution in [1.82, 2.24) is 4.98 Å². The first kappa shape index (κ1) is 9.83. The number of halogens is 1. The van der Waals surface area contributed by atoms with E-state index < -0.39 is 0 Å². The summed E-state index contributed by atoms with van der Waals surface area (Å²) >= 11 is 5.14. The van der Waals surface area contributed by atoms with E-state index in [0.29, 0.717) is 6.54 Å². The number of aromatic nitrogens is 1. The Morgan fingerprint density at radius 2 is 2.36 bits per heavy atom. The van der Waals surface area contributed by atoms with Gasteiger partial charge in [0.05, 0.1) is 0 Å². The molecule has 0 fully saturated rings. The van der Waals surface area contributed by atoms with Crippen molar-refractivity contribution in [2.24, 2.45) is 5.73 Å². The lowest BCUT2D eigenvalue weighted by atomic mass is 10.1. The largest absolute Gasteiger partial charge is 0.326 e. The zero-order valence-electron chi connectivity index (χ0n) is 7.40. The second-order valence-corrected chi connectivity index (χ2v) is 4.69. The number of nitrogens with zero attached hydrogens (tertiary/aromatic N) is 1. The van der Waals surface area contributed by atoms with Gasteiger partial charge in [-0.3, -0.25) is 4.98 Å². The molecule has 2 nitrogen and oxygen atoms in total. The molecule has 2 aromatic rings. The summed E-state index contributed by atoms with van der Waals surface area (Å²) in [6.07, 6.45) is 3.62. The maximum absolute atomic E-state index is 5.65. The lowest BCUT2D eigenvalue weighted by Gasteiger charge is -2.03. The van der Waals surface area contributed by atoms with E-state index in [1.54, 1.807) is 17.5 Å². The molecular formula is C10H9BrN2S. The molecule has 0 aliphatic heterocycles. The molecule has 0 aromatic carbocycles. The summed E-state index contributed by atoms with van der Waals surface area (Å²) in [5.74, 6) is 0. The van der Waals surface area contributed by atoms with Crippen LogP contribution in [0, 0.1) is 0 Å². The van der Waals surface area contributed by atoms with E-state index in [9.17, 15) is 0 Å². The van der Waals surface area contributed by atoms with E-state index in [0.717, 1.165) is 10.0 Å². The number of thiophene rings is 1. The molecule has 2 heterocycles. The van der Waals surface area contributed by atoms with Crippen LogP contribution in [-0.2, 0) is 6.54 Å². The normalized spacial score (nSPS) is 10.4. The third kappa shape index (κ3) is 1.87. The highest BCUT2D eigenvalue weighted by molar-refractivity contribution is 9.10. The minimum absolute atomic E-state index is 0.526. The highest BCUT2D eigenvalue weighted by atomic mass is 79.9. The van der Waals surface area contributed by atoms with Gasteiger partial charge >= 0.3 is 0 Å². The summed E-state index contributed by atoms with van der Waals surface area (Å²) in [5.41, 5.74) is 7.91. The molecule has 0 unspecified atom stereocenters. The second kappa shape index (κ2) is 4.21.